The maximum atomic E-state index is 13.1. The van der Waals surface area contributed by atoms with Crippen molar-refractivity contribution in [2.75, 3.05) is 51.8 Å². The van der Waals surface area contributed by atoms with E-state index in [9.17, 15) is 4.79 Å². The average molecular weight is 449 g/mol. The number of para-hydroxylation sites is 2. The summed E-state index contributed by atoms with van der Waals surface area (Å²) in [5, 5.41) is 0. The van der Waals surface area contributed by atoms with E-state index in [1.54, 1.807) is 37.2 Å². The fourth-order valence-corrected chi connectivity index (χ4v) is 4.57. The number of piperazine rings is 1. The Morgan fingerprint density at radius 3 is 2.55 bits per heavy atom. The Morgan fingerprint density at radius 2 is 1.76 bits per heavy atom. The van der Waals surface area contributed by atoms with E-state index >= 15 is 0 Å². The number of pyridine rings is 1. The second-order valence-electron chi connectivity index (χ2n) is 8.16. The van der Waals surface area contributed by atoms with Gasteiger partial charge in [-0.15, -0.1) is 0 Å². The van der Waals surface area contributed by atoms with Crippen LogP contribution in [-0.4, -0.2) is 70.8 Å². The highest BCUT2D eigenvalue weighted by Crippen LogP contribution is 2.28. The van der Waals surface area contributed by atoms with E-state index in [0.717, 1.165) is 56.1 Å². The van der Waals surface area contributed by atoms with Crippen molar-refractivity contribution < 1.29 is 9.47 Å². The number of aromatic nitrogens is 4. The summed E-state index contributed by atoms with van der Waals surface area (Å²) in [7, 11) is 3.30. The number of rotatable bonds is 7. The van der Waals surface area contributed by atoms with Crippen LogP contribution < -0.4 is 19.9 Å². The monoisotopic (exact) mass is 448 g/mol. The van der Waals surface area contributed by atoms with Gasteiger partial charge in [-0.3, -0.25) is 14.1 Å². The number of ether oxygens (including phenoxy) is 2. The third-order valence-corrected chi connectivity index (χ3v) is 6.31. The molecule has 1 saturated heterocycles. The lowest BCUT2D eigenvalue weighted by Crippen LogP contribution is -2.47. The van der Waals surface area contributed by atoms with Crippen molar-refractivity contribution in [3.05, 3.63) is 59.3 Å². The number of methoxy groups -OCH3 is 2. The summed E-state index contributed by atoms with van der Waals surface area (Å²) in [6, 6.07) is 11.9. The van der Waals surface area contributed by atoms with Gasteiger partial charge >= 0.3 is 0 Å². The number of benzene rings is 1. The molecule has 0 unspecified atom stereocenters. The number of hydrogen-bond donors (Lipinski definition) is 0. The summed E-state index contributed by atoms with van der Waals surface area (Å²) in [4.78, 5) is 26.7. The molecule has 1 fully saturated rings. The molecule has 0 atom stereocenters. The van der Waals surface area contributed by atoms with Crippen molar-refractivity contribution in [1.82, 2.24) is 23.8 Å². The minimum absolute atomic E-state index is 0.0482. The molecule has 0 radical (unpaired) electrons. The fourth-order valence-electron chi connectivity index (χ4n) is 4.57. The SMILES string of the molecule is COc1ccc2c(n1)n1cncc1c(=O)n2CCCN1CCN(c2ccccc2OC)CC1. The van der Waals surface area contributed by atoms with E-state index in [1.165, 1.54) is 0 Å². The Hall–Kier alpha value is -3.59. The maximum Gasteiger partial charge on any atom is 0.277 e. The van der Waals surface area contributed by atoms with Crippen LogP contribution >= 0.6 is 0 Å². The first-order valence-electron chi connectivity index (χ1n) is 11.2. The summed E-state index contributed by atoms with van der Waals surface area (Å²) in [5.74, 6) is 1.42. The maximum absolute atomic E-state index is 13.1. The third-order valence-electron chi connectivity index (χ3n) is 6.31. The fraction of sp³-hybridized carbons (Fsp3) is 0.375. The van der Waals surface area contributed by atoms with E-state index < -0.39 is 0 Å². The summed E-state index contributed by atoms with van der Waals surface area (Å²) in [6.07, 6.45) is 4.09. The van der Waals surface area contributed by atoms with Gasteiger partial charge in [-0.05, 0) is 31.2 Å². The highest BCUT2D eigenvalue weighted by atomic mass is 16.5. The van der Waals surface area contributed by atoms with Gasteiger partial charge in [0.15, 0.2) is 5.65 Å². The number of fused-ring (bicyclic) bond motifs is 3. The molecular formula is C24H28N6O3. The topological polar surface area (TPSA) is 77.1 Å². The van der Waals surface area contributed by atoms with Crippen LogP contribution in [0.25, 0.3) is 16.7 Å². The van der Waals surface area contributed by atoms with Gasteiger partial charge in [-0.1, -0.05) is 12.1 Å². The van der Waals surface area contributed by atoms with E-state index in [2.05, 4.69) is 25.8 Å². The average Bonchev–Trinajstić information content (AvgIpc) is 3.37. The van der Waals surface area contributed by atoms with E-state index in [1.807, 2.05) is 28.8 Å². The molecule has 1 aromatic carbocycles. The van der Waals surface area contributed by atoms with Crippen LogP contribution in [0.2, 0.25) is 0 Å². The highest BCUT2D eigenvalue weighted by Gasteiger charge is 2.20. The molecule has 172 valence electrons. The lowest BCUT2D eigenvalue weighted by Gasteiger charge is -2.36. The molecule has 9 nitrogen and oxygen atoms in total. The van der Waals surface area contributed by atoms with E-state index in [4.69, 9.17) is 9.47 Å². The zero-order chi connectivity index (χ0) is 22.8. The molecule has 0 bridgehead atoms. The number of anilines is 1. The first kappa shape index (κ1) is 21.3. The molecule has 0 N–H and O–H groups in total. The van der Waals surface area contributed by atoms with Gasteiger partial charge in [0, 0.05) is 38.8 Å². The van der Waals surface area contributed by atoms with Crippen molar-refractivity contribution in [3.63, 3.8) is 0 Å². The van der Waals surface area contributed by atoms with Crippen LogP contribution in [-0.2, 0) is 6.54 Å². The number of imidazole rings is 1. The number of hydrogen-bond acceptors (Lipinski definition) is 7. The second-order valence-corrected chi connectivity index (χ2v) is 8.16. The van der Waals surface area contributed by atoms with Gasteiger partial charge < -0.3 is 18.9 Å². The first-order valence-corrected chi connectivity index (χ1v) is 11.2. The molecule has 4 heterocycles. The minimum Gasteiger partial charge on any atom is -0.495 e. The van der Waals surface area contributed by atoms with Crippen molar-refractivity contribution in [3.8, 4) is 11.6 Å². The van der Waals surface area contributed by atoms with E-state index in [0.29, 0.717) is 23.6 Å². The van der Waals surface area contributed by atoms with Crippen LogP contribution in [0.3, 0.4) is 0 Å². The smallest absolute Gasteiger partial charge is 0.277 e. The van der Waals surface area contributed by atoms with Gasteiger partial charge in [0.1, 0.15) is 17.6 Å². The summed E-state index contributed by atoms with van der Waals surface area (Å²) >= 11 is 0. The molecule has 0 amide bonds. The Kier molecular flexibility index (Phi) is 5.87. The molecular weight excluding hydrogens is 420 g/mol. The molecule has 1 aliphatic rings. The molecule has 0 saturated carbocycles. The predicted octanol–water partition coefficient (Wildman–Crippen LogP) is 2.27. The summed E-state index contributed by atoms with van der Waals surface area (Å²) in [6.45, 7) is 5.42. The van der Waals surface area contributed by atoms with Crippen molar-refractivity contribution >= 4 is 22.4 Å². The molecule has 1 aliphatic heterocycles. The Morgan fingerprint density at radius 1 is 0.939 bits per heavy atom. The van der Waals surface area contributed by atoms with Gasteiger partial charge in [-0.25, -0.2) is 4.98 Å². The van der Waals surface area contributed by atoms with Crippen molar-refractivity contribution in [2.45, 2.75) is 13.0 Å². The van der Waals surface area contributed by atoms with Gasteiger partial charge in [0.25, 0.3) is 5.56 Å². The zero-order valence-electron chi connectivity index (χ0n) is 19.0. The number of aryl methyl sites for hydroxylation is 1. The Labute approximate surface area is 191 Å². The zero-order valence-corrected chi connectivity index (χ0v) is 19.0. The lowest BCUT2D eigenvalue weighted by atomic mass is 10.2. The minimum atomic E-state index is -0.0482. The summed E-state index contributed by atoms with van der Waals surface area (Å²) < 4.78 is 14.3. The van der Waals surface area contributed by atoms with Crippen LogP contribution in [0.15, 0.2) is 53.7 Å². The Bertz CT molecular complexity index is 1320. The standard InChI is InChI=1S/C24H28N6O3/c1-32-21-7-4-3-6-18(21)28-14-12-27(13-15-28)10-5-11-29-19-8-9-22(33-2)26-23(19)30-17-25-16-20(30)24(29)31/h3-4,6-9,16-17H,5,10-15H2,1-2H3. The van der Waals surface area contributed by atoms with E-state index in [-0.39, 0.29) is 5.56 Å². The summed E-state index contributed by atoms with van der Waals surface area (Å²) in [5.41, 5.74) is 3.08. The van der Waals surface area contributed by atoms with Gasteiger partial charge in [-0.2, -0.15) is 4.98 Å². The predicted molar refractivity (Wildman–Crippen MR) is 128 cm³/mol. The molecule has 4 aromatic rings. The quantitative estimate of drug-likeness (QED) is 0.429. The van der Waals surface area contributed by atoms with Crippen LogP contribution in [0, 0.1) is 0 Å². The second kappa shape index (κ2) is 9.11. The number of nitrogens with zero attached hydrogens (tertiary/aromatic N) is 6. The molecule has 5 rings (SSSR count). The van der Waals surface area contributed by atoms with Gasteiger partial charge in [0.2, 0.25) is 5.88 Å². The van der Waals surface area contributed by atoms with Crippen molar-refractivity contribution in [2.24, 2.45) is 0 Å². The molecule has 0 spiro atoms. The third kappa shape index (κ3) is 4.00. The van der Waals surface area contributed by atoms with Crippen LogP contribution in [0.5, 0.6) is 11.6 Å². The van der Waals surface area contributed by atoms with Crippen LogP contribution in [0.1, 0.15) is 6.42 Å². The van der Waals surface area contributed by atoms with Crippen LogP contribution in [0.4, 0.5) is 5.69 Å². The molecule has 3 aromatic heterocycles. The van der Waals surface area contributed by atoms with Gasteiger partial charge in [0.05, 0.1) is 31.6 Å². The largest absolute Gasteiger partial charge is 0.495 e. The normalized spacial score (nSPS) is 14.8. The molecule has 9 heteroatoms. The highest BCUT2D eigenvalue weighted by molar-refractivity contribution is 5.75. The first-order chi connectivity index (χ1) is 16.2. The molecule has 0 aliphatic carbocycles. The lowest BCUT2D eigenvalue weighted by molar-refractivity contribution is 0.250. The molecule has 33 heavy (non-hydrogen) atoms. The Balaban J connectivity index is 1.27. The van der Waals surface area contributed by atoms with Crippen molar-refractivity contribution in [1.29, 1.82) is 0 Å².